The Balaban J connectivity index is 1.99. The Morgan fingerprint density at radius 1 is 1.04 bits per heavy atom. The summed E-state index contributed by atoms with van der Waals surface area (Å²) >= 11 is 0. The lowest BCUT2D eigenvalue weighted by atomic mass is 10.0. The van der Waals surface area contributed by atoms with Gasteiger partial charge in [-0.3, -0.25) is 10.1 Å². The van der Waals surface area contributed by atoms with Crippen molar-refractivity contribution < 1.29 is 9.34 Å². The second-order valence-electron chi connectivity index (χ2n) is 6.13. The highest BCUT2D eigenvalue weighted by atomic mass is 16.6. The van der Waals surface area contributed by atoms with E-state index in [1.54, 1.807) is 6.07 Å². The number of nitro benzene ring substituents is 1. The Bertz CT molecular complexity index is 1040. The summed E-state index contributed by atoms with van der Waals surface area (Å²) in [5.41, 5.74) is 4.66. The molecule has 0 unspecified atom stereocenters. The van der Waals surface area contributed by atoms with Crippen LogP contribution in [0.15, 0.2) is 45.6 Å². The summed E-state index contributed by atoms with van der Waals surface area (Å²) in [7, 11) is 0. The number of non-ortho nitro benzene ring substituents is 1. The molecule has 0 bridgehead atoms. The zero-order chi connectivity index (χ0) is 18.1. The first-order valence-electron chi connectivity index (χ1n) is 7.88. The molecule has 1 N–H and O–H groups in total. The van der Waals surface area contributed by atoms with Crippen molar-refractivity contribution in [3.8, 4) is 0 Å². The van der Waals surface area contributed by atoms with Crippen LogP contribution in [0.25, 0.3) is 11.0 Å². The molecule has 3 aromatic rings. The monoisotopic (exact) mass is 338 g/mol. The van der Waals surface area contributed by atoms with E-state index >= 15 is 0 Å². The number of nitrogens with one attached hydrogen (secondary N) is 1. The van der Waals surface area contributed by atoms with E-state index in [4.69, 9.17) is 4.42 Å². The average Bonchev–Trinajstić information content (AvgIpc) is 2.55. The summed E-state index contributed by atoms with van der Waals surface area (Å²) < 4.78 is 5.29. The summed E-state index contributed by atoms with van der Waals surface area (Å²) in [4.78, 5) is 22.4. The number of hydrogen-bond acceptors (Lipinski definition) is 5. The Hall–Kier alpha value is -3.15. The maximum atomic E-state index is 11.8. The molecule has 0 radical (unpaired) electrons. The predicted molar refractivity (Wildman–Crippen MR) is 97.1 cm³/mol. The summed E-state index contributed by atoms with van der Waals surface area (Å²) in [5.74, 6) is 0. The van der Waals surface area contributed by atoms with Gasteiger partial charge in [0, 0.05) is 35.8 Å². The number of anilines is 1. The quantitative estimate of drug-likeness (QED) is 0.437. The van der Waals surface area contributed by atoms with E-state index in [9.17, 15) is 14.9 Å². The molecular weight excluding hydrogens is 320 g/mol. The smallest absolute Gasteiger partial charge is 0.336 e. The zero-order valence-corrected chi connectivity index (χ0v) is 14.3. The molecule has 3 rings (SSSR count). The van der Waals surface area contributed by atoms with Crippen molar-refractivity contribution in [2.75, 3.05) is 5.32 Å². The van der Waals surface area contributed by atoms with Crippen LogP contribution in [-0.2, 0) is 6.54 Å². The largest absolute Gasteiger partial charge is 0.423 e. The van der Waals surface area contributed by atoms with Gasteiger partial charge in [0.25, 0.3) is 5.69 Å². The van der Waals surface area contributed by atoms with E-state index in [0.29, 0.717) is 17.8 Å². The predicted octanol–water partition coefficient (Wildman–Crippen LogP) is 4.24. The number of benzene rings is 2. The van der Waals surface area contributed by atoms with Crippen LogP contribution in [-0.4, -0.2) is 4.92 Å². The minimum atomic E-state index is -0.427. The van der Waals surface area contributed by atoms with Crippen LogP contribution >= 0.6 is 0 Å². The van der Waals surface area contributed by atoms with Crippen molar-refractivity contribution in [3.05, 3.63) is 79.2 Å². The van der Waals surface area contributed by atoms with Gasteiger partial charge in [0.2, 0.25) is 0 Å². The number of aryl methyl sites for hydroxylation is 3. The Morgan fingerprint density at radius 2 is 1.76 bits per heavy atom. The molecule has 0 atom stereocenters. The summed E-state index contributed by atoms with van der Waals surface area (Å²) in [6.45, 7) is 6.21. The van der Waals surface area contributed by atoms with Gasteiger partial charge in [0.05, 0.1) is 4.92 Å². The van der Waals surface area contributed by atoms with Gasteiger partial charge in [-0.2, -0.15) is 0 Å². The van der Waals surface area contributed by atoms with Gasteiger partial charge >= 0.3 is 5.63 Å². The fourth-order valence-corrected chi connectivity index (χ4v) is 2.73. The first-order chi connectivity index (χ1) is 11.8. The van der Waals surface area contributed by atoms with Gasteiger partial charge in [-0.05, 0) is 55.2 Å². The minimum absolute atomic E-state index is 0.0250. The first-order valence-corrected chi connectivity index (χ1v) is 7.88. The van der Waals surface area contributed by atoms with Gasteiger partial charge in [-0.1, -0.05) is 6.07 Å². The molecule has 2 aromatic carbocycles. The second kappa shape index (κ2) is 6.39. The van der Waals surface area contributed by atoms with E-state index in [1.165, 1.54) is 18.2 Å². The number of fused-ring (bicyclic) bond motifs is 1. The second-order valence-corrected chi connectivity index (χ2v) is 6.13. The molecule has 6 nitrogen and oxygen atoms in total. The summed E-state index contributed by atoms with van der Waals surface area (Å²) in [6, 6.07) is 9.97. The molecule has 0 saturated carbocycles. The topological polar surface area (TPSA) is 85.4 Å². The number of rotatable bonds is 4. The lowest BCUT2D eigenvalue weighted by Crippen LogP contribution is -2.07. The number of hydrogen-bond donors (Lipinski definition) is 1. The highest BCUT2D eigenvalue weighted by molar-refractivity contribution is 5.82. The van der Waals surface area contributed by atoms with Gasteiger partial charge in [-0.15, -0.1) is 0 Å². The normalized spacial score (nSPS) is 10.8. The molecule has 0 fully saturated rings. The van der Waals surface area contributed by atoms with E-state index in [-0.39, 0.29) is 5.69 Å². The Kier molecular flexibility index (Phi) is 4.27. The van der Waals surface area contributed by atoms with Gasteiger partial charge in [0.1, 0.15) is 5.58 Å². The lowest BCUT2D eigenvalue weighted by Gasteiger charge is -2.12. The lowest BCUT2D eigenvalue weighted by molar-refractivity contribution is -0.384. The molecule has 6 heteroatoms. The van der Waals surface area contributed by atoms with Crippen LogP contribution < -0.4 is 10.9 Å². The molecular formula is C19H18N2O4. The summed E-state index contributed by atoms with van der Waals surface area (Å²) in [5, 5.41) is 15.0. The maximum absolute atomic E-state index is 11.8. The average molecular weight is 338 g/mol. The van der Waals surface area contributed by atoms with E-state index in [0.717, 1.165) is 27.6 Å². The molecule has 1 heterocycles. The molecule has 1 aromatic heterocycles. The highest BCUT2D eigenvalue weighted by Gasteiger charge is 2.11. The standard InChI is InChI=1S/C19H18N2O4/c1-11-4-5-15(21(23)24)9-17(11)20-10-14-8-19(22)25-18-7-13(3)12(2)6-16(14)18/h4-9,20H,10H2,1-3H3. The Morgan fingerprint density at radius 3 is 2.48 bits per heavy atom. The molecule has 128 valence electrons. The Labute approximate surface area is 144 Å². The third kappa shape index (κ3) is 3.38. The summed E-state index contributed by atoms with van der Waals surface area (Å²) in [6.07, 6.45) is 0. The van der Waals surface area contributed by atoms with Crippen molar-refractivity contribution in [1.82, 2.24) is 0 Å². The van der Waals surface area contributed by atoms with Crippen LogP contribution in [0.3, 0.4) is 0 Å². The maximum Gasteiger partial charge on any atom is 0.336 e. The number of nitro groups is 1. The third-order valence-electron chi connectivity index (χ3n) is 4.35. The third-order valence-corrected chi connectivity index (χ3v) is 4.35. The van der Waals surface area contributed by atoms with Crippen LogP contribution in [0.5, 0.6) is 0 Å². The zero-order valence-electron chi connectivity index (χ0n) is 14.3. The van der Waals surface area contributed by atoms with Crippen molar-refractivity contribution >= 4 is 22.3 Å². The van der Waals surface area contributed by atoms with Crippen molar-refractivity contribution in [1.29, 1.82) is 0 Å². The molecule has 0 aliphatic rings. The molecule has 25 heavy (non-hydrogen) atoms. The van der Waals surface area contributed by atoms with Crippen molar-refractivity contribution in [2.45, 2.75) is 27.3 Å². The highest BCUT2D eigenvalue weighted by Crippen LogP contribution is 2.25. The molecule has 0 saturated heterocycles. The van der Waals surface area contributed by atoms with E-state index < -0.39 is 10.5 Å². The minimum Gasteiger partial charge on any atom is -0.423 e. The van der Waals surface area contributed by atoms with Gasteiger partial charge < -0.3 is 9.73 Å². The van der Waals surface area contributed by atoms with Crippen LogP contribution in [0.1, 0.15) is 22.3 Å². The van der Waals surface area contributed by atoms with Crippen LogP contribution in [0.4, 0.5) is 11.4 Å². The molecule has 0 aliphatic carbocycles. The first kappa shape index (κ1) is 16.7. The van der Waals surface area contributed by atoms with E-state index in [1.807, 2.05) is 32.9 Å². The van der Waals surface area contributed by atoms with Gasteiger partial charge in [0.15, 0.2) is 0 Å². The van der Waals surface area contributed by atoms with Crippen LogP contribution in [0, 0.1) is 30.9 Å². The fourth-order valence-electron chi connectivity index (χ4n) is 2.73. The number of nitrogens with zero attached hydrogens (tertiary/aromatic N) is 1. The molecule has 0 spiro atoms. The molecule has 0 amide bonds. The fraction of sp³-hybridized carbons (Fsp3) is 0.211. The molecule has 0 aliphatic heterocycles. The van der Waals surface area contributed by atoms with Crippen molar-refractivity contribution in [3.63, 3.8) is 0 Å². The van der Waals surface area contributed by atoms with E-state index in [2.05, 4.69) is 5.32 Å². The van der Waals surface area contributed by atoms with Crippen molar-refractivity contribution in [2.24, 2.45) is 0 Å². The SMILES string of the molecule is Cc1cc2oc(=O)cc(CNc3cc([N+](=O)[O-])ccc3C)c2cc1C. The van der Waals surface area contributed by atoms with Gasteiger partial charge in [-0.25, -0.2) is 4.79 Å². The van der Waals surface area contributed by atoms with Crippen LogP contribution in [0.2, 0.25) is 0 Å².